The molecule has 0 aliphatic carbocycles. The minimum atomic E-state index is 0.706. The minimum Gasteiger partial charge on any atom is -0.494 e. The van der Waals surface area contributed by atoms with Crippen LogP contribution in [0.15, 0.2) is 30.5 Å². The SMILES string of the molecule is CCOc1ccc(CNCc2cn(C)nc2C)cc1. The quantitative estimate of drug-likeness (QED) is 0.866. The lowest BCUT2D eigenvalue weighted by Crippen LogP contribution is -2.12. The van der Waals surface area contributed by atoms with Crippen molar-refractivity contribution in [3.05, 3.63) is 47.3 Å². The minimum absolute atomic E-state index is 0.706. The van der Waals surface area contributed by atoms with Crippen molar-refractivity contribution in [2.45, 2.75) is 26.9 Å². The van der Waals surface area contributed by atoms with Gasteiger partial charge in [-0.25, -0.2) is 0 Å². The molecule has 2 aromatic rings. The second kappa shape index (κ2) is 6.38. The summed E-state index contributed by atoms with van der Waals surface area (Å²) in [6.45, 7) is 6.42. The van der Waals surface area contributed by atoms with Crippen molar-refractivity contribution in [2.24, 2.45) is 7.05 Å². The highest BCUT2D eigenvalue weighted by molar-refractivity contribution is 5.27. The zero-order valence-electron chi connectivity index (χ0n) is 11.8. The molecule has 1 aromatic carbocycles. The molecule has 0 spiro atoms. The van der Waals surface area contributed by atoms with Crippen LogP contribution in [0.2, 0.25) is 0 Å². The second-order valence-electron chi connectivity index (χ2n) is 4.59. The molecule has 1 aromatic heterocycles. The van der Waals surface area contributed by atoms with Crippen LogP contribution in [-0.2, 0) is 20.1 Å². The van der Waals surface area contributed by atoms with Crippen molar-refractivity contribution < 1.29 is 4.74 Å². The Labute approximate surface area is 114 Å². The van der Waals surface area contributed by atoms with Gasteiger partial charge >= 0.3 is 0 Å². The Bertz CT molecular complexity index is 517. The maximum atomic E-state index is 5.42. The van der Waals surface area contributed by atoms with Crippen LogP contribution < -0.4 is 10.1 Å². The smallest absolute Gasteiger partial charge is 0.119 e. The topological polar surface area (TPSA) is 39.1 Å². The predicted molar refractivity (Wildman–Crippen MR) is 76.1 cm³/mol. The van der Waals surface area contributed by atoms with Gasteiger partial charge in [0.05, 0.1) is 12.3 Å². The van der Waals surface area contributed by atoms with E-state index in [1.165, 1.54) is 11.1 Å². The molecule has 0 saturated carbocycles. The Morgan fingerprint density at radius 3 is 2.53 bits per heavy atom. The van der Waals surface area contributed by atoms with Crippen LogP contribution in [0.3, 0.4) is 0 Å². The molecule has 1 heterocycles. The summed E-state index contributed by atoms with van der Waals surface area (Å²) in [5, 5.41) is 7.76. The van der Waals surface area contributed by atoms with Gasteiger partial charge in [-0.2, -0.15) is 5.10 Å². The van der Waals surface area contributed by atoms with Crippen molar-refractivity contribution in [3.8, 4) is 5.75 Å². The number of nitrogens with zero attached hydrogens (tertiary/aromatic N) is 2. The highest BCUT2D eigenvalue weighted by Gasteiger charge is 2.02. The predicted octanol–water partition coefficient (Wildman–Crippen LogP) is 2.42. The van der Waals surface area contributed by atoms with Crippen molar-refractivity contribution >= 4 is 0 Å². The van der Waals surface area contributed by atoms with E-state index in [9.17, 15) is 0 Å². The van der Waals surface area contributed by atoms with Crippen LogP contribution in [0, 0.1) is 6.92 Å². The highest BCUT2D eigenvalue weighted by atomic mass is 16.5. The summed E-state index contributed by atoms with van der Waals surface area (Å²) >= 11 is 0. The van der Waals surface area contributed by atoms with E-state index in [-0.39, 0.29) is 0 Å². The first kappa shape index (κ1) is 13.6. The maximum Gasteiger partial charge on any atom is 0.119 e. The van der Waals surface area contributed by atoms with Gasteiger partial charge < -0.3 is 10.1 Å². The number of hydrogen-bond donors (Lipinski definition) is 1. The molecule has 0 atom stereocenters. The molecule has 4 heteroatoms. The molecule has 0 radical (unpaired) electrons. The summed E-state index contributed by atoms with van der Waals surface area (Å²) in [6.07, 6.45) is 2.06. The van der Waals surface area contributed by atoms with Crippen molar-refractivity contribution in [1.82, 2.24) is 15.1 Å². The maximum absolute atomic E-state index is 5.42. The molecule has 102 valence electrons. The molecule has 1 N–H and O–H groups in total. The molecule has 19 heavy (non-hydrogen) atoms. The fraction of sp³-hybridized carbons (Fsp3) is 0.400. The Balaban J connectivity index is 1.83. The average molecular weight is 259 g/mol. The zero-order valence-corrected chi connectivity index (χ0v) is 11.8. The van der Waals surface area contributed by atoms with Gasteiger partial charge in [-0.1, -0.05) is 12.1 Å². The van der Waals surface area contributed by atoms with E-state index in [1.54, 1.807) is 0 Å². The van der Waals surface area contributed by atoms with E-state index < -0.39 is 0 Å². The lowest BCUT2D eigenvalue weighted by molar-refractivity contribution is 0.340. The van der Waals surface area contributed by atoms with Gasteiger partial charge in [0.15, 0.2) is 0 Å². The first-order chi connectivity index (χ1) is 9.19. The van der Waals surface area contributed by atoms with Crippen LogP contribution in [0.5, 0.6) is 5.75 Å². The summed E-state index contributed by atoms with van der Waals surface area (Å²) in [5.41, 5.74) is 3.58. The van der Waals surface area contributed by atoms with Crippen LogP contribution in [0.1, 0.15) is 23.7 Å². The Kier molecular flexibility index (Phi) is 4.58. The summed E-state index contributed by atoms with van der Waals surface area (Å²) in [6, 6.07) is 8.20. The first-order valence-corrected chi connectivity index (χ1v) is 6.60. The van der Waals surface area contributed by atoms with E-state index in [0.717, 1.165) is 24.5 Å². The Hall–Kier alpha value is -1.81. The van der Waals surface area contributed by atoms with Crippen LogP contribution >= 0.6 is 0 Å². The zero-order chi connectivity index (χ0) is 13.7. The molecule has 0 aliphatic heterocycles. The first-order valence-electron chi connectivity index (χ1n) is 6.60. The average Bonchev–Trinajstić information content (AvgIpc) is 2.71. The third kappa shape index (κ3) is 3.83. The standard InChI is InChI=1S/C15H21N3O/c1-4-19-15-7-5-13(6-8-15)9-16-10-14-11-18(3)17-12(14)2/h5-8,11,16H,4,9-10H2,1-3H3. The summed E-state index contributed by atoms with van der Waals surface area (Å²) in [4.78, 5) is 0. The van der Waals surface area contributed by atoms with Gasteiger partial charge in [-0.3, -0.25) is 4.68 Å². The Morgan fingerprint density at radius 2 is 1.95 bits per heavy atom. The number of benzene rings is 1. The van der Waals surface area contributed by atoms with Gasteiger partial charge in [0.25, 0.3) is 0 Å². The lowest BCUT2D eigenvalue weighted by atomic mass is 10.2. The number of ether oxygens (including phenoxy) is 1. The molecule has 0 saturated heterocycles. The monoisotopic (exact) mass is 259 g/mol. The number of aryl methyl sites for hydroxylation is 2. The number of nitrogens with one attached hydrogen (secondary N) is 1. The molecule has 2 rings (SSSR count). The molecule has 0 bridgehead atoms. The summed E-state index contributed by atoms with van der Waals surface area (Å²) < 4.78 is 7.27. The summed E-state index contributed by atoms with van der Waals surface area (Å²) in [5.74, 6) is 0.925. The van der Waals surface area contributed by atoms with Crippen molar-refractivity contribution in [2.75, 3.05) is 6.61 Å². The Morgan fingerprint density at radius 1 is 1.21 bits per heavy atom. The molecule has 0 aliphatic rings. The normalized spacial score (nSPS) is 10.7. The molecule has 4 nitrogen and oxygen atoms in total. The molecular weight excluding hydrogens is 238 g/mol. The fourth-order valence-electron chi connectivity index (χ4n) is 2.03. The number of rotatable bonds is 6. The van der Waals surface area contributed by atoms with E-state index >= 15 is 0 Å². The third-order valence-corrected chi connectivity index (χ3v) is 2.99. The van der Waals surface area contributed by atoms with Crippen LogP contribution in [0.25, 0.3) is 0 Å². The molecule has 0 amide bonds. The van der Waals surface area contributed by atoms with Gasteiger partial charge in [0.2, 0.25) is 0 Å². The molecule has 0 unspecified atom stereocenters. The number of aromatic nitrogens is 2. The third-order valence-electron chi connectivity index (χ3n) is 2.99. The number of hydrogen-bond acceptors (Lipinski definition) is 3. The van der Waals surface area contributed by atoms with Gasteiger partial charge in [-0.15, -0.1) is 0 Å². The van der Waals surface area contributed by atoms with Crippen LogP contribution in [0.4, 0.5) is 0 Å². The van der Waals surface area contributed by atoms with E-state index in [1.807, 2.05) is 37.7 Å². The van der Waals surface area contributed by atoms with Gasteiger partial charge in [0.1, 0.15) is 5.75 Å². The summed E-state index contributed by atoms with van der Waals surface area (Å²) in [7, 11) is 1.95. The van der Waals surface area contributed by atoms with Gasteiger partial charge in [0, 0.05) is 31.9 Å². The fourth-order valence-corrected chi connectivity index (χ4v) is 2.03. The van der Waals surface area contributed by atoms with Crippen LogP contribution in [-0.4, -0.2) is 16.4 Å². The van der Waals surface area contributed by atoms with Crippen molar-refractivity contribution in [3.63, 3.8) is 0 Å². The van der Waals surface area contributed by atoms with E-state index in [0.29, 0.717) is 6.61 Å². The molecule has 0 fully saturated rings. The van der Waals surface area contributed by atoms with E-state index in [4.69, 9.17) is 4.74 Å². The lowest BCUT2D eigenvalue weighted by Gasteiger charge is -2.06. The molecular formula is C15H21N3O. The van der Waals surface area contributed by atoms with Crippen molar-refractivity contribution in [1.29, 1.82) is 0 Å². The van der Waals surface area contributed by atoms with E-state index in [2.05, 4.69) is 28.7 Å². The largest absolute Gasteiger partial charge is 0.494 e. The second-order valence-corrected chi connectivity index (χ2v) is 4.59. The van der Waals surface area contributed by atoms with Gasteiger partial charge in [-0.05, 0) is 31.5 Å². The highest BCUT2D eigenvalue weighted by Crippen LogP contribution is 2.12.